The molecule has 174 valence electrons. The number of amides is 1. The van der Waals surface area contributed by atoms with Crippen LogP contribution in [0.5, 0.6) is 0 Å². The fourth-order valence-corrected chi connectivity index (χ4v) is 4.20. The van der Waals surface area contributed by atoms with Crippen molar-refractivity contribution >= 4 is 23.2 Å². The predicted molar refractivity (Wildman–Crippen MR) is 120 cm³/mol. The molecule has 1 N–H and O–H groups in total. The summed E-state index contributed by atoms with van der Waals surface area (Å²) in [6.07, 6.45) is 8.77. The number of fused-ring (bicyclic) bond motifs is 1. The van der Waals surface area contributed by atoms with Gasteiger partial charge in [0.05, 0.1) is 30.9 Å². The quantitative estimate of drug-likeness (QED) is 0.522. The van der Waals surface area contributed by atoms with E-state index in [4.69, 9.17) is 4.74 Å². The van der Waals surface area contributed by atoms with Crippen molar-refractivity contribution in [2.24, 2.45) is 5.92 Å². The number of nitrogens with one attached hydrogen (secondary N) is 1. The zero-order valence-electron chi connectivity index (χ0n) is 18.7. The molecule has 11 heteroatoms. The van der Waals surface area contributed by atoms with Crippen LogP contribution in [0.25, 0.3) is 5.65 Å². The Morgan fingerprint density at radius 2 is 2.06 bits per heavy atom. The van der Waals surface area contributed by atoms with Crippen LogP contribution in [0, 0.1) is 18.8 Å². The number of imidazole rings is 1. The Kier molecular flexibility index (Phi) is 5.90. The van der Waals surface area contributed by atoms with Gasteiger partial charge >= 0.3 is 0 Å². The van der Waals surface area contributed by atoms with Crippen LogP contribution in [0.1, 0.15) is 29.0 Å². The first-order valence-corrected chi connectivity index (χ1v) is 11.1. The normalized spacial score (nSPS) is 16.4. The molecule has 0 radical (unpaired) electrons. The Balaban J connectivity index is 1.16. The van der Waals surface area contributed by atoms with Gasteiger partial charge in [-0.1, -0.05) is 0 Å². The lowest BCUT2D eigenvalue weighted by Gasteiger charge is -2.42. The Bertz CT molecular complexity index is 1140. The van der Waals surface area contributed by atoms with E-state index in [1.54, 1.807) is 26.4 Å². The number of hydrogen-bond acceptors (Lipinski definition) is 8. The molecule has 10 nitrogen and oxygen atoms in total. The van der Waals surface area contributed by atoms with E-state index in [0.29, 0.717) is 17.7 Å². The summed E-state index contributed by atoms with van der Waals surface area (Å²) in [7, 11) is 1.74. The van der Waals surface area contributed by atoms with E-state index < -0.39 is 11.9 Å². The van der Waals surface area contributed by atoms with Gasteiger partial charge in [-0.25, -0.2) is 15.0 Å². The predicted octanol–water partition coefficient (Wildman–Crippen LogP) is 1.77. The fraction of sp³-hybridized carbons (Fsp3) is 0.500. The minimum Gasteiger partial charge on any atom is -0.383 e. The van der Waals surface area contributed by atoms with Crippen molar-refractivity contribution in [1.82, 2.24) is 29.2 Å². The van der Waals surface area contributed by atoms with Crippen molar-refractivity contribution in [3.8, 4) is 0 Å². The number of anilines is 2. The number of carbonyl (C=O) groups is 1. The van der Waals surface area contributed by atoms with Gasteiger partial charge in [-0.15, -0.1) is 0 Å². The fourth-order valence-electron chi connectivity index (χ4n) is 4.20. The smallest absolute Gasteiger partial charge is 0.277 e. The molecule has 1 aliphatic carbocycles. The second-order valence-corrected chi connectivity index (χ2v) is 8.73. The number of rotatable bonds is 9. The maximum atomic E-state index is 14.1. The molecule has 0 unspecified atom stereocenters. The van der Waals surface area contributed by atoms with Crippen LogP contribution in [0.3, 0.4) is 0 Å². The van der Waals surface area contributed by atoms with Gasteiger partial charge in [-0.05, 0) is 19.8 Å². The third-order valence-corrected chi connectivity index (χ3v) is 6.05. The lowest BCUT2D eigenvalue weighted by molar-refractivity contribution is 0.102. The third-order valence-electron chi connectivity index (χ3n) is 6.05. The van der Waals surface area contributed by atoms with Crippen LogP contribution in [0.2, 0.25) is 0 Å². The second kappa shape index (κ2) is 8.99. The second-order valence-electron chi connectivity index (χ2n) is 8.73. The number of ether oxygens (including phenoxy) is 1. The highest BCUT2D eigenvalue weighted by Crippen LogP contribution is 2.30. The van der Waals surface area contributed by atoms with Gasteiger partial charge in [0.25, 0.3) is 11.9 Å². The Hall–Kier alpha value is -3.18. The molecule has 4 heterocycles. The van der Waals surface area contributed by atoms with Gasteiger partial charge in [0.2, 0.25) is 0 Å². The molecule has 0 spiro atoms. The SMILES string of the molecule is COCCN(CC1CN(c2cnc(C(=O)Nc3cn4cc(C)nc4c(F)n3)cn2)C1)C1CC1. The third kappa shape index (κ3) is 4.79. The Morgan fingerprint density at radius 1 is 1.24 bits per heavy atom. The van der Waals surface area contributed by atoms with Gasteiger partial charge in [-0.3, -0.25) is 14.1 Å². The summed E-state index contributed by atoms with van der Waals surface area (Å²) >= 11 is 0. The number of hydrogen-bond donors (Lipinski definition) is 1. The van der Waals surface area contributed by atoms with Crippen LogP contribution in [0.15, 0.2) is 24.8 Å². The number of nitrogens with zero attached hydrogens (tertiary/aromatic N) is 7. The zero-order chi connectivity index (χ0) is 22.9. The highest BCUT2D eigenvalue weighted by Gasteiger charge is 2.35. The molecule has 2 fully saturated rings. The van der Waals surface area contributed by atoms with Gasteiger partial charge in [-0.2, -0.15) is 9.37 Å². The molecular weight excluding hydrogens is 427 g/mol. The summed E-state index contributed by atoms with van der Waals surface area (Å²) in [5.41, 5.74) is 0.907. The number of methoxy groups -OCH3 is 1. The first-order valence-electron chi connectivity index (χ1n) is 11.1. The molecule has 1 saturated carbocycles. The molecule has 0 aromatic carbocycles. The van der Waals surface area contributed by atoms with Crippen LogP contribution >= 0.6 is 0 Å². The van der Waals surface area contributed by atoms with Crippen LogP contribution in [-0.2, 0) is 4.74 Å². The molecule has 0 bridgehead atoms. The lowest BCUT2D eigenvalue weighted by atomic mass is 9.99. The summed E-state index contributed by atoms with van der Waals surface area (Å²) in [5, 5.41) is 2.57. The van der Waals surface area contributed by atoms with Crippen LogP contribution in [0.4, 0.5) is 16.0 Å². The molecule has 33 heavy (non-hydrogen) atoms. The first kappa shape index (κ1) is 21.7. The van der Waals surface area contributed by atoms with Gasteiger partial charge in [0.15, 0.2) is 11.5 Å². The molecule has 3 aromatic heterocycles. The summed E-state index contributed by atoms with van der Waals surface area (Å²) in [4.78, 5) is 33.7. The monoisotopic (exact) mass is 454 g/mol. The maximum Gasteiger partial charge on any atom is 0.277 e. The number of aromatic nitrogens is 5. The van der Waals surface area contributed by atoms with Crippen molar-refractivity contribution in [2.45, 2.75) is 25.8 Å². The van der Waals surface area contributed by atoms with E-state index in [0.717, 1.165) is 38.6 Å². The molecule has 3 aromatic rings. The number of aryl methyl sites for hydroxylation is 1. The summed E-state index contributed by atoms with van der Waals surface area (Å²) in [5.74, 6) is 0.161. The Morgan fingerprint density at radius 3 is 2.76 bits per heavy atom. The van der Waals surface area contributed by atoms with E-state index in [1.807, 2.05) is 0 Å². The summed E-state index contributed by atoms with van der Waals surface area (Å²) in [6, 6.07) is 0.716. The topological polar surface area (TPSA) is 101 Å². The molecule has 1 amide bonds. The van der Waals surface area contributed by atoms with E-state index in [-0.39, 0.29) is 17.2 Å². The number of halogens is 1. The van der Waals surface area contributed by atoms with E-state index in [9.17, 15) is 9.18 Å². The summed E-state index contributed by atoms with van der Waals surface area (Å²) < 4.78 is 20.9. The molecule has 2 aliphatic rings. The lowest BCUT2D eigenvalue weighted by Crippen LogP contribution is -2.52. The highest BCUT2D eigenvalue weighted by atomic mass is 19.1. The minimum atomic E-state index is -0.753. The molecule has 5 rings (SSSR count). The molecule has 0 atom stereocenters. The average molecular weight is 455 g/mol. The largest absolute Gasteiger partial charge is 0.383 e. The van der Waals surface area contributed by atoms with E-state index in [2.05, 4.69) is 35.1 Å². The molecular formula is C22H27FN8O2. The van der Waals surface area contributed by atoms with Gasteiger partial charge in [0, 0.05) is 51.4 Å². The molecule has 1 aliphatic heterocycles. The highest BCUT2D eigenvalue weighted by molar-refractivity contribution is 6.02. The van der Waals surface area contributed by atoms with Crippen molar-refractivity contribution in [1.29, 1.82) is 0 Å². The zero-order valence-corrected chi connectivity index (χ0v) is 18.7. The van der Waals surface area contributed by atoms with Crippen molar-refractivity contribution in [3.05, 3.63) is 42.1 Å². The minimum absolute atomic E-state index is 0.0764. The van der Waals surface area contributed by atoms with Crippen molar-refractivity contribution in [3.63, 3.8) is 0 Å². The average Bonchev–Trinajstić information content (AvgIpc) is 3.54. The van der Waals surface area contributed by atoms with Crippen molar-refractivity contribution < 1.29 is 13.9 Å². The maximum absolute atomic E-state index is 14.1. The van der Waals surface area contributed by atoms with Crippen molar-refractivity contribution in [2.75, 3.05) is 50.1 Å². The van der Waals surface area contributed by atoms with E-state index >= 15 is 0 Å². The van der Waals surface area contributed by atoms with Crippen LogP contribution in [-0.4, -0.2) is 81.1 Å². The molecule has 1 saturated heterocycles. The number of carbonyl (C=O) groups excluding carboxylic acids is 1. The van der Waals surface area contributed by atoms with Gasteiger partial charge < -0.3 is 15.0 Å². The standard InChI is InChI=1S/C22H27FN8O2/c1-14-9-31-13-18(27-20(23)21(31)26-14)28-22(32)17-7-25-19(8-24-17)30-11-15(12-30)10-29(5-6-33-2)16-3-4-16/h7-9,13,15-16H,3-6,10-12H2,1-2H3,(H,28,32). The van der Waals surface area contributed by atoms with E-state index in [1.165, 1.54) is 29.6 Å². The van der Waals surface area contributed by atoms with Gasteiger partial charge in [0.1, 0.15) is 11.5 Å². The van der Waals surface area contributed by atoms with Crippen LogP contribution < -0.4 is 10.2 Å². The Labute approximate surface area is 190 Å². The summed E-state index contributed by atoms with van der Waals surface area (Å²) in [6.45, 7) is 6.41. The first-order chi connectivity index (χ1) is 16.0.